The van der Waals surface area contributed by atoms with Gasteiger partial charge in [0.15, 0.2) is 11.6 Å². The Hall–Kier alpha value is -3.30. The minimum atomic E-state index is -0.518. The normalized spacial score (nSPS) is 14.9. The van der Waals surface area contributed by atoms with Crippen molar-refractivity contribution >= 4 is 23.2 Å². The number of fused-ring (bicyclic) bond motifs is 1. The first-order valence-corrected chi connectivity index (χ1v) is 12.6. The zero-order valence-corrected chi connectivity index (χ0v) is 20.8. The Morgan fingerprint density at radius 3 is 2.75 bits per heavy atom. The van der Waals surface area contributed by atoms with Crippen molar-refractivity contribution in [3.05, 3.63) is 87.6 Å². The molecule has 6 nitrogen and oxygen atoms in total. The second-order valence-corrected chi connectivity index (χ2v) is 9.48. The number of para-hydroxylation sites is 1. The number of benzene rings is 2. The zero-order chi connectivity index (χ0) is 25.5. The number of carbonyl (C=O) groups excluding carboxylic acids is 2. The lowest BCUT2D eigenvalue weighted by molar-refractivity contribution is -0.135. The summed E-state index contributed by atoms with van der Waals surface area (Å²) in [4.78, 5) is 31.0. The topological polar surface area (TPSA) is 59.1 Å². The lowest BCUT2D eigenvalue weighted by Gasteiger charge is -2.37. The number of hydrogen-bond acceptors (Lipinski definition) is 5. The van der Waals surface area contributed by atoms with Gasteiger partial charge in [0.1, 0.15) is 19.0 Å². The molecule has 0 bridgehead atoms. The van der Waals surface area contributed by atoms with Crippen LogP contribution in [0.5, 0.6) is 5.75 Å². The fourth-order valence-electron chi connectivity index (χ4n) is 4.32. The van der Waals surface area contributed by atoms with Gasteiger partial charge in [-0.2, -0.15) is 0 Å². The largest absolute Gasteiger partial charge is 0.488 e. The predicted octanol–water partition coefficient (Wildman–Crippen LogP) is 4.71. The van der Waals surface area contributed by atoms with E-state index in [0.29, 0.717) is 26.0 Å². The molecule has 1 aliphatic heterocycles. The number of amides is 2. The average Bonchev–Trinajstić information content (AvgIpc) is 3.36. The maximum atomic E-state index is 14.1. The Labute approximate surface area is 213 Å². The third kappa shape index (κ3) is 6.09. The zero-order valence-electron chi connectivity index (χ0n) is 20.0. The molecule has 36 heavy (non-hydrogen) atoms. The summed E-state index contributed by atoms with van der Waals surface area (Å²) in [7, 11) is 1.57. The maximum absolute atomic E-state index is 14.1. The molecule has 9 heteroatoms. The van der Waals surface area contributed by atoms with Crippen LogP contribution in [0.3, 0.4) is 0 Å². The van der Waals surface area contributed by atoms with Crippen LogP contribution in [0.15, 0.2) is 60.0 Å². The highest BCUT2D eigenvalue weighted by molar-refractivity contribution is 7.10. The van der Waals surface area contributed by atoms with E-state index in [1.54, 1.807) is 41.5 Å². The van der Waals surface area contributed by atoms with Crippen LogP contribution in [0.2, 0.25) is 0 Å². The standard InChI is InChI=1S/C27H28F2N2O4S/c1-34-14-5-12-30(27(33)19-6-4-7-20(28)16-19)17-26(32)31-13-10-25-21(11-15-36-25)23(31)18-35-24-9-3-2-8-22(24)29/h2-4,6-9,11,15-16,23H,5,10,12-14,17-18H2,1H3/t23-/m1/s1. The van der Waals surface area contributed by atoms with E-state index in [1.165, 1.54) is 35.2 Å². The van der Waals surface area contributed by atoms with Gasteiger partial charge in [0.2, 0.25) is 5.91 Å². The van der Waals surface area contributed by atoms with Crippen LogP contribution >= 0.6 is 11.3 Å². The Morgan fingerprint density at radius 1 is 1.14 bits per heavy atom. The highest BCUT2D eigenvalue weighted by Crippen LogP contribution is 2.34. The van der Waals surface area contributed by atoms with Crippen LogP contribution < -0.4 is 4.74 Å². The van der Waals surface area contributed by atoms with Crippen molar-refractivity contribution in [2.75, 3.05) is 40.0 Å². The summed E-state index contributed by atoms with van der Waals surface area (Å²) in [6.45, 7) is 1.06. The van der Waals surface area contributed by atoms with Gasteiger partial charge in [0.25, 0.3) is 5.91 Å². The van der Waals surface area contributed by atoms with E-state index in [2.05, 4.69) is 0 Å². The van der Waals surface area contributed by atoms with Crippen molar-refractivity contribution in [2.45, 2.75) is 18.9 Å². The summed E-state index contributed by atoms with van der Waals surface area (Å²) in [5.41, 5.74) is 1.15. The predicted molar refractivity (Wildman–Crippen MR) is 133 cm³/mol. The van der Waals surface area contributed by atoms with E-state index in [4.69, 9.17) is 9.47 Å². The smallest absolute Gasteiger partial charge is 0.254 e. The number of thiophene rings is 1. The summed E-state index contributed by atoms with van der Waals surface area (Å²) in [6, 6.07) is 13.1. The molecule has 2 aromatic carbocycles. The van der Waals surface area contributed by atoms with Crippen molar-refractivity contribution in [1.82, 2.24) is 9.80 Å². The molecule has 0 radical (unpaired) electrons. The summed E-state index contributed by atoms with van der Waals surface area (Å²) >= 11 is 1.62. The van der Waals surface area contributed by atoms with Gasteiger partial charge in [-0.3, -0.25) is 9.59 Å². The Balaban J connectivity index is 1.53. The van der Waals surface area contributed by atoms with Gasteiger partial charge < -0.3 is 19.3 Å². The molecule has 3 aromatic rings. The summed E-state index contributed by atoms with van der Waals surface area (Å²) in [5.74, 6) is -1.55. The van der Waals surface area contributed by atoms with Crippen molar-refractivity contribution in [3.63, 3.8) is 0 Å². The van der Waals surface area contributed by atoms with Crippen molar-refractivity contribution < 1.29 is 27.8 Å². The van der Waals surface area contributed by atoms with Crippen molar-refractivity contribution in [2.24, 2.45) is 0 Å². The van der Waals surface area contributed by atoms with Crippen molar-refractivity contribution in [3.8, 4) is 5.75 Å². The fraction of sp³-hybridized carbons (Fsp3) is 0.333. The number of ether oxygens (including phenoxy) is 2. The Bertz CT molecular complexity index is 1200. The van der Waals surface area contributed by atoms with Gasteiger partial charge in [-0.05, 0) is 60.2 Å². The molecule has 190 valence electrons. The second kappa shape index (κ2) is 12.1. The average molecular weight is 515 g/mol. The first kappa shape index (κ1) is 25.8. The third-order valence-electron chi connectivity index (χ3n) is 6.11. The van der Waals surface area contributed by atoms with E-state index in [9.17, 15) is 18.4 Å². The van der Waals surface area contributed by atoms with Gasteiger partial charge in [0, 0.05) is 37.2 Å². The molecule has 0 saturated carbocycles. The van der Waals surface area contributed by atoms with Crippen LogP contribution in [0.1, 0.15) is 33.3 Å². The Kier molecular flexibility index (Phi) is 8.66. The van der Waals surface area contributed by atoms with E-state index < -0.39 is 23.6 Å². The van der Waals surface area contributed by atoms with Gasteiger partial charge in [-0.15, -0.1) is 11.3 Å². The first-order valence-electron chi connectivity index (χ1n) is 11.7. The summed E-state index contributed by atoms with van der Waals surface area (Å²) < 4.78 is 38.8. The second-order valence-electron chi connectivity index (χ2n) is 8.48. The number of carbonyl (C=O) groups is 2. The molecule has 0 saturated heterocycles. The van der Waals surface area contributed by atoms with Gasteiger partial charge in [-0.25, -0.2) is 8.78 Å². The third-order valence-corrected chi connectivity index (χ3v) is 7.11. The van der Waals surface area contributed by atoms with Crippen LogP contribution in [-0.4, -0.2) is 61.6 Å². The van der Waals surface area contributed by atoms with Gasteiger partial charge in [0.05, 0.1) is 6.04 Å². The van der Waals surface area contributed by atoms with Crippen LogP contribution in [0, 0.1) is 11.6 Å². The van der Waals surface area contributed by atoms with E-state index in [-0.39, 0.29) is 36.9 Å². The van der Waals surface area contributed by atoms with E-state index in [1.807, 2.05) is 11.4 Å². The van der Waals surface area contributed by atoms with Crippen LogP contribution in [0.25, 0.3) is 0 Å². The highest BCUT2D eigenvalue weighted by Gasteiger charge is 2.33. The Morgan fingerprint density at radius 2 is 1.97 bits per heavy atom. The molecule has 1 aromatic heterocycles. The molecular formula is C27H28F2N2O4S. The fourth-order valence-corrected chi connectivity index (χ4v) is 5.24. The minimum absolute atomic E-state index is 0.0813. The number of methoxy groups -OCH3 is 1. The molecule has 1 atom stereocenters. The number of rotatable bonds is 10. The van der Waals surface area contributed by atoms with E-state index in [0.717, 1.165) is 10.4 Å². The maximum Gasteiger partial charge on any atom is 0.254 e. The van der Waals surface area contributed by atoms with Crippen LogP contribution in [-0.2, 0) is 16.0 Å². The molecule has 0 spiro atoms. The van der Waals surface area contributed by atoms with Crippen molar-refractivity contribution in [1.29, 1.82) is 0 Å². The molecular weight excluding hydrogens is 486 g/mol. The van der Waals surface area contributed by atoms with Gasteiger partial charge >= 0.3 is 0 Å². The number of hydrogen-bond donors (Lipinski definition) is 0. The summed E-state index contributed by atoms with van der Waals surface area (Å²) in [6.07, 6.45) is 1.22. The molecule has 0 fully saturated rings. The minimum Gasteiger partial charge on any atom is -0.488 e. The number of halogens is 2. The van der Waals surface area contributed by atoms with E-state index >= 15 is 0 Å². The molecule has 0 N–H and O–H groups in total. The molecule has 0 aliphatic carbocycles. The molecule has 4 rings (SSSR count). The molecule has 2 heterocycles. The summed E-state index contributed by atoms with van der Waals surface area (Å²) in [5, 5.41) is 1.97. The molecule has 2 amide bonds. The number of nitrogens with zero attached hydrogens (tertiary/aromatic N) is 2. The molecule has 1 aliphatic rings. The first-order chi connectivity index (χ1) is 17.5. The lowest BCUT2D eigenvalue weighted by atomic mass is 10.0. The quantitative estimate of drug-likeness (QED) is 0.368. The molecule has 0 unspecified atom stereocenters. The highest BCUT2D eigenvalue weighted by atomic mass is 32.1. The SMILES string of the molecule is COCCCN(CC(=O)N1CCc2sccc2[C@H]1COc1ccccc1F)C(=O)c1cccc(F)c1. The van der Waals surface area contributed by atoms with Crippen LogP contribution in [0.4, 0.5) is 8.78 Å². The monoisotopic (exact) mass is 514 g/mol. The lowest BCUT2D eigenvalue weighted by Crippen LogP contribution is -2.48. The van der Waals surface area contributed by atoms with Gasteiger partial charge in [-0.1, -0.05) is 18.2 Å².